The van der Waals surface area contributed by atoms with E-state index in [0.29, 0.717) is 6.04 Å². The summed E-state index contributed by atoms with van der Waals surface area (Å²) in [6, 6.07) is 1.17. The molecule has 2 aliphatic rings. The minimum atomic E-state index is -0.0770. The van der Waals surface area contributed by atoms with Gasteiger partial charge < -0.3 is 5.11 Å². The van der Waals surface area contributed by atoms with Crippen LogP contribution in [0.2, 0.25) is 0 Å². The summed E-state index contributed by atoms with van der Waals surface area (Å²) < 4.78 is 0. The molecular formula is C13H25NO. The van der Waals surface area contributed by atoms with Gasteiger partial charge in [0.05, 0.1) is 6.10 Å². The summed E-state index contributed by atoms with van der Waals surface area (Å²) in [7, 11) is 2.22. The second kappa shape index (κ2) is 4.84. The molecule has 0 aromatic carbocycles. The molecule has 2 nitrogen and oxygen atoms in total. The predicted octanol–water partition coefficient (Wildman–Crippen LogP) is 2.41. The molecule has 1 N–H and O–H groups in total. The topological polar surface area (TPSA) is 23.5 Å². The summed E-state index contributed by atoms with van der Waals surface area (Å²) >= 11 is 0. The fourth-order valence-electron chi connectivity index (χ4n) is 3.35. The molecule has 0 saturated heterocycles. The molecule has 3 unspecified atom stereocenters. The average Bonchev–Trinajstić information content (AvgIpc) is 2.74. The SMILES string of the molecule is CC1CCC(O)C(N(C)C2CCCC2)C1. The second-order valence-corrected chi connectivity index (χ2v) is 5.66. The standard InChI is InChI=1S/C13H25NO/c1-10-7-8-13(15)12(9-10)14(2)11-5-3-4-6-11/h10-13,15H,3-9H2,1-2H3. The molecule has 2 saturated carbocycles. The number of hydrogen-bond donors (Lipinski definition) is 1. The number of nitrogens with zero attached hydrogens (tertiary/aromatic N) is 1. The van der Waals surface area contributed by atoms with Gasteiger partial charge in [0.1, 0.15) is 0 Å². The van der Waals surface area contributed by atoms with Gasteiger partial charge in [-0.25, -0.2) is 0 Å². The number of likely N-dealkylation sites (N-methyl/N-ethyl adjacent to an activating group) is 1. The van der Waals surface area contributed by atoms with Crippen LogP contribution in [0.25, 0.3) is 0 Å². The molecule has 0 aromatic rings. The maximum Gasteiger partial charge on any atom is 0.0695 e. The van der Waals surface area contributed by atoms with Crippen LogP contribution in [0.5, 0.6) is 0 Å². The Hall–Kier alpha value is -0.0800. The number of rotatable bonds is 2. The van der Waals surface area contributed by atoms with Gasteiger partial charge in [-0.15, -0.1) is 0 Å². The van der Waals surface area contributed by atoms with E-state index < -0.39 is 0 Å². The van der Waals surface area contributed by atoms with E-state index in [0.717, 1.165) is 18.4 Å². The average molecular weight is 211 g/mol. The maximum atomic E-state index is 10.1. The van der Waals surface area contributed by atoms with E-state index in [-0.39, 0.29) is 6.10 Å². The van der Waals surface area contributed by atoms with Gasteiger partial charge in [-0.1, -0.05) is 19.8 Å². The van der Waals surface area contributed by atoms with Gasteiger partial charge in [-0.3, -0.25) is 4.90 Å². The second-order valence-electron chi connectivity index (χ2n) is 5.66. The van der Waals surface area contributed by atoms with Crippen LogP contribution in [-0.4, -0.2) is 35.2 Å². The zero-order valence-electron chi connectivity index (χ0n) is 10.2. The quantitative estimate of drug-likeness (QED) is 0.758. The van der Waals surface area contributed by atoms with Gasteiger partial charge >= 0.3 is 0 Å². The zero-order chi connectivity index (χ0) is 10.8. The highest BCUT2D eigenvalue weighted by Gasteiger charge is 2.33. The van der Waals surface area contributed by atoms with E-state index in [1.165, 1.54) is 38.5 Å². The molecule has 0 amide bonds. The first-order valence-corrected chi connectivity index (χ1v) is 6.58. The molecule has 3 atom stereocenters. The number of aliphatic hydroxyl groups excluding tert-OH is 1. The van der Waals surface area contributed by atoms with Crippen LogP contribution in [0.4, 0.5) is 0 Å². The summed E-state index contributed by atoms with van der Waals surface area (Å²) in [6.07, 6.45) is 8.77. The van der Waals surface area contributed by atoms with Gasteiger partial charge in [0, 0.05) is 12.1 Å². The lowest BCUT2D eigenvalue weighted by Gasteiger charge is -2.40. The lowest BCUT2D eigenvalue weighted by molar-refractivity contribution is 0.000230. The monoisotopic (exact) mass is 211 g/mol. The van der Waals surface area contributed by atoms with Crippen molar-refractivity contribution in [3.63, 3.8) is 0 Å². The molecule has 2 rings (SSSR count). The first-order chi connectivity index (χ1) is 7.18. The third-order valence-electron chi connectivity index (χ3n) is 4.47. The Morgan fingerprint density at radius 3 is 2.40 bits per heavy atom. The van der Waals surface area contributed by atoms with Crippen molar-refractivity contribution in [2.24, 2.45) is 5.92 Å². The van der Waals surface area contributed by atoms with Gasteiger partial charge in [-0.2, -0.15) is 0 Å². The fraction of sp³-hybridized carbons (Fsp3) is 1.00. The molecule has 15 heavy (non-hydrogen) atoms. The third-order valence-corrected chi connectivity index (χ3v) is 4.47. The van der Waals surface area contributed by atoms with E-state index in [4.69, 9.17) is 0 Å². The number of aliphatic hydroxyl groups is 1. The van der Waals surface area contributed by atoms with Crippen molar-refractivity contribution in [1.82, 2.24) is 4.90 Å². The summed E-state index contributed by atoms with van der Waals surface area (Å²) in [5, 5.41) is 10.1. The van der Waals surface area contributed by atoms with Crippen molar-refractivity contribution in [2.75, 3.05) is 7.05 Å². The van der Waals surface area contributed by atoms with Crippen molar-refractivity contribution in [1.29, 1.82) is 0 Å². The van der Waals surface area contributed by atoms with Gasteiger partial charge in [0.25, 0.3) is 0 Å². The van der Waals surface area contributed by atoms with Gasteiger partial charge in [0.2, 0.25) is 0 Å². The minimum Gasteiger partial charge on any atom is -0.391 e. The molecule has 0 bridgehead atoms. The Balaban J connectivity index is 1.94. The Morgan fingerprint density at radius 2 is 1.73 bits per heavy atom. The van der Waals surface area contributed by atoms with Crippen LogP contribution < -0.4 is 0 Å². The lowest BCUT2D eigenvalue weighted by atomic mass is 9.83. The van der Waals surface area contributed by atoms with Crippen LogP contribution in [-0.2, 0) is 0 Å². The largest absolute Gasteiger partial charge is 0.391 e. The number of hydrogen-bond acceptors (Lipinski definition) is 2. The lowest BCUT2D eigenvalue weighted by Crippen LogP contribution is -2.48. The van der Waals surface area contributed by atoms with Crippen LogP contribution in [0, 0.1) is 5.92 Å². The van der Waals surface area contributed by atoms with Crippen LogP contribution in [0.1, 0.15) is 51.9 Å². The fourth-order valence-corrected chi connectivity index (χ4v) is 3.35. The first kappa shape index (κ1) is 11.4. The van der Waals surface area contributed by atoms with Crippen molar-refractivity contribution >= 4 is 0 Å². The van der Waals surface area contributed by atoms with E-state index in [9.17, 15) is 5.11 Å². The highest BCUT2D eigenvalue weighted by molar-refractivity contribution is 4.88. The van der Waals surface area contributed by atoms with E-state index >= 15 is 0 Å². The predicted molar refractivity (Wildman–Crippen MR) is 62.8 cm³/mol. The highest BCUT2D eigenvalue weighted by Crippen LogP contribution is 2.31. The molecule has 2 fully saturated rings. The summed E-state index contributed by atoms with van der Waals surface area (Å²) in [6.45, 7) is 2.32. The highest BCUT2D eigenvalue weighted by atomic mass is 16.3. The molecule has 0 aliphatic heterocycles. The molecule has 0 spiro atoms. The van der Waals surface area contributed by atoms with Crippen LogP contribution >= 0.6 is 0 Å². The molecule has 0 radical (unpaired) electrons. The molecule has 0 heterocycles. The van der Waals surface area contributed by atoms with Gasteiger partial charge in [-0.05, 0) is 45.1 Å². The van der Waals surface area contributed by atoms with E-state index in [2.05, 4.69) is 18.9 Å². The van der Waals surface area contributed by atoms with Crippen molar-refractivity contribution in [3.8, 4) is 0 Å². The van der Waals surface area contributed by atoms with Gasteiger partial charge in [0.15, 0.2) is 0 Å². The maximum absolute atomic E-state index is 10.1. The molecule has 0 aromatic heterocycles. The Kier molecular flexibility index (Phi) is 3.68. The summed E-state index contributed by atoms with van der Waals surface area (Å²) in [5.41, 5.74) is 0. The Bertz CT molecular complexity index is 201. The van der Waals surface area contributed by atoms with Crippen molar-refractivity contribution in [2.45, 2.75) is 70.1 Å². The normalized spacial score (nSPS) is 38.8. The summed E-state index contributed by atoms with van der Waals surface area (Å²) in [5.74, 6) is 0.794. The molecule has 2 heteroatoms. The smallest absolute Gasteiger partial charge is 0.0695 e. The van der Waals surface area contributed by atoms with Crippen molar-refractivity contribution in [3.05, 3.63) is 0 Å². The van der Waals surface area contributed by atoms with E-state index in [1.807, 2.05) is 0 Å². The molecule has 88 valence electrons. The molecule has 2 aliphatic carbocycles. The van der Waals surface area contributed by atoms with Crippen LogP contribution in [0.3, 0.4) is 0 Å². The zero-order valence-corrected chi connectivity index (χ0v) is 10.2. The molecular weight excluding hydrogens is 186 g/mol. The Labute approximate surface area is 93.7 Å². The van der Waals surface area contributed by atoms with E-state index in [1.54, 1.807) is 0 Å². The summed E-state index contributed by atoms with van der Waals surface area (Å²) in [4.78, 5) is 2.48. The van der Waals surface area contributed by atoms with Crippen LogP contribution in [0.15, 0.2) is 0 Å². The third kappa shape index (κ3) is 2.54. The first-order valence-electron chi connectivity index (χ1n) is 6.58. The Morgan fingerprint density at radius 1 is 1.07 bits per heavy atom. The van der Waals surface area contributed by atoms with Crippen molar-refractivity contribution < 1.29 is 5.11 Å². The minimum absolute atomic E-state index is 0.0770.